The average molecular weight is 401 g/mol. The number of carbonyl (C=O) groups excluding carboxylic acids is 2. The van der Waals surface area contributed by atoms with Gasteiger partial charge in [0.05, 0.1) is 11.8 Å². The maximum atomic E-state index is 12.3. The topological polar surface area (TPSA) is 91.6 Å². The first-order chi connectivity index (χ1) is 12.0. The van der Waals surface area contributed by atoms with Crippen LogP contribution in [0.15, 0.2) is 69.8 Å². The van der Waals surface area contributed by atoms with E-state index >= 15 is 0 Å². The summed E-state index contributed by atoms with van der Waals surface area (Å²) in [6.45, 7) is 0. The molecule has 25 heavy (non-hydrogen) atoms. The number of halogens is 1. The van der Waals surface area contributed by atoms with Crippen molar-refractivity contribution in [1.82, 2.24) is 0 Å². The van der Waals surface area contributed by atoms with Crippen molar-refractivity contribution >= 4 is 39.1 Å². The molecular weight excluding hydrogens is 388 g/mol. The molecule has 3 aromatic rings. The van der Waals surface area contributed by atoms with Crippen LogP contribution in [0.3, 0.4) is 0 Å². The molecule has 0 radical (unpaired) electrons. The summed E-state index contributed by atoms with van der Waals surface area (Å²) >= 11 is 3.26. The molecule has 0 bridgehead atoms. The highest BCUT2D eigenvalue weighted by Crippen LogP contribution is 2.24. The van der Waals surface area contributed by atoms with Gasteiger partial charge in [0.2, 0.25) is 0 Å². The summed E-state index contributed by atoms with van der Waals surface area (Å²) in [5, 5.41) is 15.2. The molecule has 0 saturated heterocycles. The van der Waals surface area contributed by atoms with Crippen LogP contribution in [0.1, 0.15) is 20.9 Å². The van der Waals surface area contributed by atoms with Crippen molar-refractivity contribution in [2.45, 2.75) is 0 Å². The quantitative estimate of drug-likeness (QED) is 0.610. The fourth-order valence-electron chi connectivity index (χ4n) is 2.16. The Balaban J connectivity index is 1.74. The van der Waals surface area contributed by atoms with Crippen molar-refractivity contribution in [2.75, 3.05) is 10.6 Å². The lowest BCUT2D eigenvalue weighted by atomic mass is 10.2. The molecule has 2 amide bonds. The molecule has 0 aliphatic heterocycles. The smallest absolute Gasteiger partial charge is 0.291 e. The third kappa shape index (κ3) is 4.07. The number of phenols is 1. The highest BCUT2D eigenvalue weighted by Gasteiger charge is 2.13. The van der Waals surface area contributed by atoms with Crippen LogP contribution in [-0.4, -0.2) is 16.9 Å². The minimum atomic E-state index is -0.465. The lowest BCUT2D eigenvalue weighted by molar-refractivity contribution is 0.0994. The molecule has 0 aliphatic carbocycles. The van der Waals surface area contributed by atoms with Crippen LogP contribution in [0, 0.1) is 0 Å². The standard InChI is InChI=1S/C18H13BrN2O4/c19-11-6-7-15(22)14(9-11)17(23)20-12-3-1-4-13(10-12)21-18(24)16-5-2-8-25-16/h1-10,22H,(H,20,23)(H,21,24). The van der Waals surface area contributed by atoms with Crippen molar-refractivity contribution in [1.29, 1.82) is 0 Å². The summed E-state index contributed by atoms with van der Waals surface area (Å²) in [6, 6.07) is 14.4. The molecule has 0 aliphatic rings. The molecule has 0 unspecified atom stereocenters. The molecular formula is C18H13BrN2O4. The molecule has 1 aromatic heterocycles. The molecule has 2 aromatic carbocycles. The van der Waals surface area contributed by atoms with Gasteiger partial charge in [0.25, 0.3) is 11.8 Å². The Morgan fingerprint density at radius 2 is 1.64 bits per heavy atom. The second kappa shape index (κ2) is 7.23. The van der Waals surface area contributed by atoms with Gasteiger partial charge in [0.15, 0.2) is 5.76 Å². The number of carbonyl (C=O) groups is 2. The predicted octanol–water partition coefficient (Wildman–Crippen LogP) is 4.25. The number of hydrogen-bond donors (Lipinski definition) is 3. The first-order valence-electron chi connectivity index (χ1n) is 7.28. The number of benzene rings is 2. The fraction of sp³-hybridized carbons (Fsp3) is 0. The Hall–Kier alpha value is -3.06. The van der Waals surface area contributed by atoms with Gasteiger partial charge in [-0.25, -0.2) is 0 Å². The van der Waals surface area contributed by atoms with Crippen molar-refractivity contribution in [2.24, 2.45) is 0 Å². The van der Waals surface area contributed by atoms with Gasteiger partial charge in [-0.3, -0.25) is 9.59 Å². The third-order valence-corrected chi connectivity index (χ3v) is 3.82. The van der Waals surface area contributed by atoms with Gasteiger partial charge >= 0.3 is 0 Å². The Labute approximate surface area is 151 Å². The van der Waals surface area contributed by atoms with Gasteiger partial charge in [-0.15, -0.1) is 0 Å². The molecule has 7 heteroatoms. The van der Waals surface area contributed by atoms with Crippen molar-refractivity contribution < 1.29 is 19.1 Å². The summed E-state index contributed by atoms with van der Waals surface area (Å²) < 4.78 is 5.71. The Morgan fingerprint density at radius 1 is 0.920 bits per heavy atom. The average Bonchev–Trinajstić information content (AvgIpc) is 3.12. The van der Waals surface area contributed by atoms with E-state index in [4.69, 9.17) is 4.42 Å². The van der Waals surface area contributed by atoms with E-state index in [1.807, 2.05) is 0 Å². The van der Waals surface area contributed by atoms with Crippen LogP contribution in [-0.2, 0) is 0 Å². The van der Waals surface area contributed by atoms with E-state index in [-0.39, 0.29) is 17.1 Å². The minimum absolute atomic E-state index is 0.122. The maximum Gasteiger partial charge on any atom is 0.291 e. The predicted molar refractivity (Wildman–Crippen MR) is 96.9 cm³/mol. The number of nitrogens with one attached hydrogen (secondary N) is 2. The second-order valence-corrected chi connectivity index (χ2v) is 6.04. The van der Waals surface area contributed by atoms with Gasteiger partial charge in [-0.05, 0) is 48.5 Å². The molecule has 0 fully saturated rings. The summed E-state index contributed by atoms with van der Waals surface area (Å²) in [5.74, 6) is -0.789. The Morgan fingerprint density at radius 3 is 2.32 bits per heavy atom. The molecule has 126 valence electrons. The normalized spacial score (nSPS) is 10.3. The van der Waals surface area contributed by atoms with E-state index in [1.54, 1.807) is 42.5 Å². The molecule has 0 saturated carbocycles. The molecule has 3 rings (SSSR count). The van der Waals surface area contributed by atoms with E-state index in [9.17, 15) is 14.7 Å². The monoisotopic (exact) mass is 400 g/mol. The van der Waals surface area contributed by atoms with E-state index in [0.29, 0.717) is 15.8 Å². The number of hydrogen-bond acceptors (Lipinski definition) is 4. The van der Waals surface area contributed by atoms with Crippen LogP contribution in [0.2, 0.25) is 0 Å². The number of furan rings is 1. The molecule has 1 heterocycles. The molecule has 6 nitrogen and oxygen atoms in total. The van der Waals surface area contributed by atoms with Gasteiger partial charge < -0.3 is 20.2 Å². The van der Waals surface area contributed by atoms with Crippen LogP contribution in [0.5, 0.6) is 5.75 Å². The molecule has 0 atom stereocenters. The van der Waals surface area contributed by atoms with E-state index in [0.717, 1.165) is 0 Å². The summed E-state index contributed by atoms with van der Waals surface area (Å²) in [6.07, 6.45) is 1.41. The maximum absolute atomic E-state index is 12.3. The largest absolute Gasteiger partial charge is 0.507 e. The SMILES string of the molecule is O=C(Nc1cccc(NC(=O)c2cc(Br)ccc2O)c1)c1ccco1. The molecule has 0 spiro atoms. The number of amides is 2. The first kappa shape index (κ1) is 16.8. The first-order valence-corrected chi connectivity index (χ1v) is 8.07. The summed E-state index contributed by atoms with van der Waals surface area (Å²) in [4.78, 5) is 24.3. The molecule has 3 N–H and O–H groups in total. The van der Waals surface area contributed by atoms with E-state index in [1.165, 1.54) is 18.4 Å². The van der Waals surface area contributed by atoms with Gasteiger partial charge in [-0.2, -0.15) is 0 Å². The number of phenolic OH excluding ortho intramolecular Hbond substituents is 1. The van der Waals surface area contributed by atoms with Crippen molar-refractivity contribution in [3.8, 4) is 5.75 Å². The lowest BCUT2D eigenvalue weighted by Crippen LogP contribution is -2.13. The van der Waals surface area contributed by atoms with Crippen molar-refractivity contribution in [3.05, 3.63) is 76.7 Å². The third-order valence-electron chi connectivity index (χ3n) is 3.33. The summed E-state index contributed by atoms with van der Waals surface area (Å²) in [7, 11) is 0. The van der Waals surface area contributed by atoms with Gasteiger partial charge in [-0.1, -0.05) is 22.0 Å². The lowest BCUT2D eigenvalue weighted by Gasteiger charge is -2.09. The number of anilines is 2. The number of aromatic hydroxyl groups is 1. The second-order valence-electron chi connectivity index (χ2n) is 5.13. The van der Waals surface area contributed by atoms with Gasteiger partial charge in [0.1, 0.15) is 5.75 Å². The van der Waals surface area contributed by atoms with Crippen molar-refractivity contribution in [3.63, 3.8) is 0 Å². The minimum Gasteiger partial charge on any atom is -0.507 e. The zero-order valence-electron chi connectivity index (χ0n) is 12.8. The Bertz CT molecular complexity index is 923. The van der Waals surface area contributed by atoms with Gasteiger partial charge in [0, 0.05) is 15.8 Å². The van der Waals surface area contributed by atoms with E-state index < -0.39 is 11.8 Å². The highest BCUT2D eigenvalue weighted by atomic mass is 79.9. The zero-order valence-corrected chi connectivity index (χ0v) is 14.4. The van der Waals surface area contributed by atoms with E-state index in [2.05, 4.69) is 26.6 Å². The zero-order chi connectivity index (χ0) is 17.8. The van der Waals surface area contributed by atoms with Crippen LogP contribution >= 0.6 is 15.9 Å². The fourth-order valence-corrected chi connectivity index (χ4v) is 2.52. The number of rotatable bonds is 4. The highest BCUT2D eigenvalue weighted by molar-refractivity contribution is 9.10. The van der Waals surface area contributed by atoms with Crippen LogP contribution < -0.4 is 10.6 Å². The van der Waals surface area contributed by atoms with Crippen LogP contribution in [0.25, 0.3) is 0 Å². The Kier molecular flexibility index (Phi) is 4.85. The van der Waals surface area contributed by atoms with Crippen LogP contribution in [0.4, 0.5) is 11.4 Å². The summed E-state index contributed by atoms with van der Waals surface area (Å²) in [5.41, 5.74) is 1.11.